The van der Waals surface area contributed by atoms with Crippen LogP contribution in [0.5, 0.6) is 0 Å². The number of nitrogens with zero attached hydrogens (tertiary/aromatic N) is 3. The van der Waals surface area contributed by atoms with Gasteiger partial charge in [0, 0.05) is 10.6 Å². The van der Waals surface area contributed by atoms with E-state index in [2.05, 4.69) is 10.2 Å². The van der Waals surface area contributed by atoms with Crippen LogP contribution in [0, 0.1) is 15.9 Å². The fourth-order valence-corrected chi connectivity index (χ4v) is 4.63. The predicted octanol–water partition coefficient (Wildman–Crippen LogP) is 3.47. The molecule has 0 saturated heterocycles. The van der Waals surface area contributed by atoms with Crippen molar-refractivity contribution < 1.29 is 22.1 Å². The minimum absolute atomic E-state index is 0.00886. The Kier molecular flexibility index (Phi) is 4.54. The second-order valence-corrected chi connectivity index (χ2v) is 8.28. The van der Waals surface area contributed by atoms with Crippen molar-refractivity contribution in [3.63, 3.8) is 0 Å². The molecule has 3 aromatic rings. The predicted molar refractivity (Wildman–Crippen MR) is 86.6 cm³/mol. The molecule has 1 aromatic carbocycles. The number of furan rings is 1. The highest BCUT2D eigenvalue weighted by Gasteiger charge is 2.25. The van der Waals surface area contributed by atoms with Gasteiger partial charge in [0.1, 0.15) is 10.7 Å². The largest absolute Gasteiger partial charge is 0.433 e. The zero-order valence-corrected chi connectivity index (χ0v) is 14.4. The summed E-state index contributed by atoms with van der Waals surface area (Å²) in [4.78, 5) is 9.88. The van der Waals surface area contributed by atoms with Gasteiger partial charge in [-0.15, -0.1) is 10.2 Å². The molecule has 0 aliphatic carbocycles. The van der Waals surface area contributed by atoms with E-state index < -0.39 is 32.2 Å². The lowest BCUT2D eigenvalue weighted by molar-refractivity contribution is -0.401. The number of rotatable bonds is 5. The van der Waals surface area contributed by atoms with Crippen LogP contribution in [0.4, 0.5) is 10.3 Å². The topological polar surface area (TPSA) is 116 Å². The Hall–Kier alpha value is -2.37. The number of halogens is 2. The number of sulfone groups is 1. The van der Waals surface area contributed by atoms with Gasteiger partial charge in [-0.1, -0.05) is 29.0 Å². The summed E-state index contributed by atoms with van der Waals surface area (Å²) in [5.41, 5.74) is -0.172. The van der Waals surface area contributed by atoms with Crippen molar-refractivity contribution in [1.29, 1.82) is 0 Å². The van der Waals surface area contributed by atoms with Crippen molar-refractivity contribution in [1.82, 2.24) is 10.2 Å². The van der Waals surface area contributed by atoms with E-state index in [1.54, 1.807) is 0 Å². The van der Waals surface area contributed by atoms with Gasteiger partial charge in [0.05, 0.1) is 11.8 Å². The van der Waals surface area contributed by atoms with E-state index in [0.29, 0.717) is 11.3 Å². The monoisotopic (exact) mass is 403 g/mol. The Morgan fingerprint density at radius 3 is 2.68 bits per heavy atom. The maximum absolute atomic E-state index is 13.8. The molecule has 0 radical (unpaired) electrons. The minimum Gasteiger partial charge on any atom is -0.398 e. The number of benzene rings is 1. The smallest absolute Gasteiger partial charge is 0.398 e. The molecule has 130 valence electrons. The molecule has 0 amide bonds. The third-order valence-electron chi connectivity index (χ3n) is 3.05. The van der Waals surface area contributed by atoms with Gasteiger partial charge in [0.15, 0.2) is 10.8 Å². The standard InChI is InChI=1S/C13H7ClFN3O5S2/c14-8-2-1-3-9(15)7(8)6-25(21,22)13-17-16-12(24-13)10-4-5-11(23-10)18(19)20/h1-5H,6H2. The lowest BCUT2D eigenvalue weighted by atomic mass is 10.2. The summed E-state index contributed by atoms with van der Waals surface area (Å²) < 4.78 is 43.2. The first-order valence-corrected chi connectivity index (χ1v) is 9.36. The molecule has 0 aliphatic heterocycles. The van der Waals surface area contributed by atoms with Crippen molar-refractivity contribution >= 4 is 38.7 Å². The summed E-state index contributed by atoms with van der Waals surface area (Å²) in [7, 11) is -4.01. The van der Waals surface area contributed by atoms with Crippen molar-refractivity contribution in [3.8, 4) is 10.8 Å². The molecule has 8 nitrogen and oxygen atoms in total. The van der Waals surface area contributed by atoms with Crippen molar-refractivity contribution in [2.24, 2.45) is 0 Å². The van der Waals surface area contributed by atoms with Gasteiger partial charge in [-0.25, -0.2) is 12.8 Å². The van der Waals surface area contributed by atoms with Crippen LogP contribution in [0.2, 0.25) is 5.02 Å². The van der Waals surface area contributed by atoms with Crippen LogP contribution in [0.3, 0.4) is 0 Å². The fourth-order valence-electron chi connectivity index (χ4n) is 1.90. The number of aromatic nitrogens is 2. The molecule has 2 aromatic heterocycles. The van der Waals surface area contributed by atoms with Crippen molar-refractivity contribution in [3.05, 3.63) is 56.8 Å². The molecule has 3 rings (SSSR count). The lowest BCUT2D eigenvalue weighted by Gasteiger charge is -2.04. The van der Waals surface area contributed by atoms with Crippen LogP contribution < -0.4 is 0 Å². The summed E-state index contributed by atoms with van der Waals surface area (Å²) in [5, 5.41) is 17.9. The SMILES string of the molecule is O=[N+]([O-])c1ccc(-c2nnc(S(=O)(=O)Cc3c(F)cccc3Cl)s2)o1. The van der Waals surface area contributed by atoms with Gasteiger partial charge < -0.3 is 4.42 Å². The van der Waals surface area contributed by atoms with Crippen LogP contribution in [0.15, 0.2) is 39.1 Å². The maximum atomic E-state index is 13.8. The highest BCUT2D eigenvalue weighted by atomic mass is 35.5. The molecule has 2 heterocycles. The number of nitro groups is 1. The molecule has 0 unspecified atom stereocenters. The van der Waals surface area contributed by atoms with Crippen LogP contribution in [0.25, 0.3) is 10.8 Å². The zero-order valence-electron chi connectivity index (χ0n) is 12.0. The average Bonchev–Trinajstić information content (AvgIpc) is 3.19. The van der Waals surface area contributed by atoms with E-state index in [-0.39, 0.29) is 25.7 Å². The number of hydrogen-bond donors (Lipinski definition) is 0. The highest BCUT2D eigenvalue weighted by molar-refractivity contribution is 7.92. The van der Waals surface area contributed by atoms with Gasteiger partial charge in [-0.05, 0) is 18.2 Å². The van der Waals surface area contributed by atoms with Gasteiger partial charge in [-0.3, -0.25) is 10.1 Å². The van der Waals surface area contributed by atoms with Gasteiger partial charge in [0.2, 0.25) is 14.2 Å². The second kappa shape index (κ2) is 6.50. The molecule has 0 atom stereocenters. The van der Waals surface area contributed by atoms with Gasteiger partial charge >= 0.3 is 5.88 Å². The Balaban J connectivity index is 1.91. The molecule has 12 heteroatoms. The summed E-state index contributed by atoms with van der Waals surface area (Å²) in [6.07, 6.45) is 0. The van der Waals surface area contributed by atoms with E-state index in [4.69, 9.17) is 16.0 Å². The summed E-state index contributed by atoms with van der Waals surface area (Å²) in [6.45, 7) is 0. The minimum atomic E-state index is -4.01. The fraction of sp³-hybridized carbons (Fsp3) is 0.0769. The quantitative estimate of drug-likeness (QED) is 0.473. The first-order chi connectivity index (χ1) is 11.8. The molecule has 0 saturated carbocycles. The first kappa shape index (κ1) is 17.5. The first-order valence-electron chi connectivity index (χ1n) is 6.51. The van der Waals surface area contributed by atoms with Crippen LogP contribution in [0.1, 0.15) is 5.56 Å². The Bertz CT molecular complexity index is 1040. The lowest BCUT2D eigenvalue weighted by Crippen LogP contribution is -2.07. The number of hydrogen-bond acceptors (Lipinski definition) is 8. The molecule has 0 spiro atoms. The van der Waals surface area contributed by atoms with Crippen LogP contribution in [-0.2, 0) is 15.6 Å². The Labute approximate surface area is 149 Å². The summed E-state index contributed by atoms with van der Waals surface area (Å²) >= 11 is 6.50. The molecule has 0 N–H and O–H groups in total. The Morgan fingerprint density at radius 1 is 1.28 bits per heavy atom. The highest BCUT2D eigenvalue weighted by Crippen LogP contribution is 2.32. The molecule has 25 heavy (non-hydrogen) atoms. The van der Waals surface area contributed by atoms with Gasteiger partial charge in [-0.2, -0.15) is 0 Å². The van der Waals surface area contributed by atoms with Crippen LogP contribution in [-0.4, -0.2) is 23.5 Å². The van der Waals surface area contributed by atoms with E-state index in [9.17, 15) is 22.9 Å². The normalized spacial score (nSPS) is 11.6. The van der Waals surface area contributed by atoms with Crippen LogP contribution >= 0.6 is 22.9 Å². The molecule has 0 fully saturated rings. The third-order valence-corrected chi connectivity index (χ3v) is 6.43. The van der Waals surface area contributed by atoms with Crippen molar-refractivity contribution in [2.45, 2.75) is 10.1 Å². The zero-order chi connectivity index (χ0) is 18.2. The van der Waals surface area contributed by atoms with E-state index >= 15 is 0 Å². The Morgan fingerprint density at radius 2 is 2.04 bits per heavy atom. The average molecular weight is 404 g/mol. The van der Waals surface area contributed by atoms with Crippen molar-refractivity contribution in [2.75, 3.05) is 0 Å². The van der Waals surface area contributed by atoms with E-state index in [1.165, 1.54) is 18.2 Å². The second-order valence-electron chi connectivity index (χ2n) is 4.73. The molecular formula is C13H7ClFN3O5S2. The summed E-state index contributed by atoms with van der Waals surface area (Å²) in [5.74, 6) is -1.93. The molecule has 0 bridgehead atoms. The molecular weight excluding hydrogens is 397 g/mol. The molecule has 0 aliphatic rings. The third kappa shape index (κ3) is 3.52. The van der Waals surface area contributed by atoms with E-state index in [0.717, 1.165) is 12.1 Å². The van der Waals surface area contributed by atoms with Gasteiger partial charge in [0.25, 0.3) is 0 Å². The van der Waals surface area contributed by atoms with E-state index in [1.807, 2.05) is 0 Å². The summed E-state index contributed by atoms with van der Waals surface area (Å²) in [6, 6.07) is 6.24. The maximum Gasteiger partial charge on any atom is 0.433 e.